The lowest BCUT2D eigenvalue weighted by Crippen LogP contribution is -2.36. The second kappa shape index (κ2) is 9.47. The van der Waals surface area contributed by atoms with Crippen molar-refractivity contribution in [2.75, 3.05) is 42.6 Å². The Morgan fingerprint density at radius 2 is 1.66 bits per heavy atom. The third-order valence-corrected chi connectivity index (χ3v) is 8.14. The van der Waals surface area contributed by atoms with Gasteiger partial charge in [0.25, 0.3) is 0 Å². The molecule has 0 radical (unpaired) electrons. The summed E-state index contributed by atoms with van der Waals surface area (Å²) in [6.07, 6.45) is 5.97. The van der Waals surface area contributed by atoms with Gasteiger partial charge in [-0.3, -0.25) is 0 Å². The summed E-state index contributed by atoms with van der Waals surface area (Å²) in [6, 6.07) is 15.8. The quantitative estimate of drug-likeness (QED) is 0.401. The molecule has 7 heteroatoms. The lowest BCUT2D eigenvalue weighted by atomic mass is 9.99. The number of nitrogens with zero attached hydrogens (tertiary/aromatic N) is 5. The lowest BCUT2D eigenvalue weighted by Gasteiger charge is -2.29. The second-order valence-electron chi connectivity index (χ2n) is 9.46. The molecule has 180 valence electrons. The van der Waals surface area contributed by atoms with E-state index in [-0.39, 0.29) is 0 Å². The van der Waals surface area contributed by atoms with E-state index in [9.17, 15) is 0 Å². The number of benzene rings is 2. The molecule has 6 rings (SSSR count). The van der Waals surface area contributed by atoms with Gasteiger partial charge in [0.1, 0.15) is 5.82 Å². The molecule has 0 atom stereocenters. The zero-order chi connectivity index (χ0) is 23.8. The minimum Gasteiger partial charge on any atom is -0.378 e. The van der Waals surface area contributed by atoms with Crippen molar-refractivity contribution in [3.8, 4) is 5.69 Å². The van der Waals surface area contributed by atoms with Gasteiger partial charge < -0.3 is 19.1 Å². The Bertz CT molecular complexity index is 1300. The molecule has 0 amide bonds. The monoisotopic (exact) mass is 485 g/mol. The molecule has 4 aromatic rings. The third kappa shape index (κ3) is 4.58. The molecule has 1 saturated heterocycles. The molecule has 0 unspecified atom stereocenters. The summed E-state index contributed by atoms with van der Waals surface area (Å²) in [5, 5.41) is 1.12. The maximum absolute atomic E-state index is 5.47. The Hall–Kier alpha value is -3.16. The van der Waals surface area contributed by atoms with Crippen LogP contribution in [0.25, 0.3) is 5.69 Å². The molecular formula is C28H31N5OS. The van der Waals surface area contributed by atoms with Crippen molar-refractivity contribution in [3.63, 3.8) is 0 Å². The number of morpholine rings is 1. The van der Waals surface area contributed by atoms with Gasteiger partial charge in [-0.15, -0.1) is 11.3 Å². The Labute approximate surface area is 210 Å². The van der Waals surface area contributed by atoms with Crippen LogP contribution >= 0.6 is 11.3 Å². The van der Waals surface area contributed by atoms with Gasteiger partial charge in [0, 0.05) is 66.9 Å². The number of rotatable bonds is 5. The van der Waals surface area contributed by atoms with Crippen molar-refractivity contribution < 1.29 is 4.74 Å². The summed E-state index contributed by atoms with van der Waals surface area (Å²) >= 11 is 1.82. The molecule has 0 bridgehead atoms. The van der Waals surface area contributed by atoms with Crippen LogP contribution in [0.3, 0.4) is 0 Å². The highest BCUT2D eigenvalue weighted by atomic mass is 32.1. The molecule has 0 saturated carbocycles. The molecule has 2 aliphatic rings. The lowest BCUT2D eigenvalue weighted by molar-refractivity contribution is 0.122. The van der Waals surface area contributed by atoms with E-state index in [1.54, 1.807) is 0 Å². The molecule has 2 aromatic carbocycles. The maximum atomic E-state index is 5.47. The van der Waals surface area contributed by atoms with Crippen LogP contribution in [-0.4, -0.2) is 47.4 Å². The van der Waals surface area contributed by atoms with Crippen LogP contribution in [0, 0.1) is 13.8 Å². The summed E-state index contributed by atoms with van der Waals surface area (Å²) in [5.74, 6) is 1.03. The minimum absolute atomic E-state index is 0.816. The van der Waals surface area contributed by atoms with Crippen molar-refractivity contribution in [1.29, 1.82) is 0 Å². The SMILES string of the molecule is Cc1cnc(C)n1-c1ccc2c(c1)CN(c1ncc(Cc3ccc(N4CCOCC4)cc3)s1)CC2. The molecule has 35 heavy (non-hydrogen) atoms. The van der Waals surface area contributed by atoms with E-state index in [1.807, 2.05) is 17.5 Å². The zero-order valence-electron chi connectivity index (χ0n) is 20.4. The van der Waals surface area contributed by atoms with Crippen LogP contribution in [0.4, 0.5) is 10.8 Å². The fourth-order valence-corrected chi connectivity index (χ4v) is 6.14. The minimum atomic E-state index is 0.816. The van der Waals surface area contributed by atoms with Gasteiger partial charge >= 0.3 is 0 Å². The van der Waals surface area contributed by atoms with Crippen LogP contribution in [0.1, 0.15) is 33.1 Å². The Kier molecular flexibility index (Phi) is 6.04. The van der Waals surface area contributed by atoms with Crippen molar-refractivity contribution in [3.05, 3.63) is 87.9 Å². The number of imidazole rings is 1. The molecule has 2 aromatic heterocycles. The number of thiazole rings is 1. The highest BCUT2D eigenvalue weighted by molar-refractivity contribution is 7.15. The van der Waals surface area contributed by atoms with Gasteiger partial charge in [-0.2, -0.15) is 0 Å². The first-order chi connectivity index (χ1) is 17.1. The van der Waals surface area contributed by atoms with Crippen LogP contribution < -0.4 is 9.80 Å². The summed E-state index contributed by atoms with van der Waals surface area (Å²) in [6.45, 7) is 9.66. The standard InChI is InChI=1S/C28H31N5OS/c1-20-17-29-21(2)33(20)26-8-5-23-9-10-32(19-24(23)16-26)28-30-18-27(35-28)15-22-3-6-25(7-4-22)31-11-13-34-14-12-31/h3-8,16-18H,9-15,19H2,1-2H3. The predicted octanol–water partition coefficient (Wildman–Crippen LogP) is 4.94. The summed E-state index contributed by atoms with van der Waals surface area (Å²) in [4.78, 5) is 15.4. The van der Waals surface area contributed by atoms with Gasteiger partial charge in [-0.1, -0.05) is 18.2 Å². The molecule has 4 heterocycles. The number of ether oxygens (including phenoxy) is 1. The largest absolute Gasteiger partial charge is 0.378 e. The molecule has 0 N–H and O–H groups in total. The summed E-state index contributed by atoms with van der Waals surface area (Å²) in [5.41, 5.74) is 7.80. The van der Waals surface area contributed by atoms with Gasteiger partial charge in [-0.05, 0) is 61.2 Å². The molecule has 2 aliphatic heterocycles. The fraction of sp³-hybridized carbons (Fsp3) is 0.357. The van der Waals surface area contributed by atoms with E-state index in [2.05, 4.69) is 81.9 Å². The molecule has 0 aliphatic carbocycles. The second-order valence-corrected chi connectivity index (χ2v) is 10.6. The fourth-order valence-electron chi connectivity index (χ4n) is 5.17. The topological polar surface area (TPSA) is 46.4 Å². The summed E-state index contributed by atoms with van der Waals surface area (Å²) in [7, 11) is 0. The van der Waals surface area contributed by atoms with Crippen LogP contribution in [0.2, 0.25) is 0 Å². The molecule has 6 nitrogen and oxygen atoms in total. The Morgan fingerprint density at radius 1 is 0.857 bits per heavy atom. The number of hydrogen-bond acceptors (Lipinski definition) is 6. The van der Waals surface area contributed by atoms with Gasteiger partial charge in [-0.25, -0.2) is 9.97 Å². The van der Waals surface area contributed by atoms with Gasteiger partial charge in [0.05, 0.1) is 13.2 Å². The smallest absolute Gasteiger partial charge is 0.185 e. The van der Waals surface area contributed by atoms with E-state index >= 15 is 0 Å². The normalized spacial score (nSPS) is 15.9. The molecule has 1 fully saturated rings. The maximum Gasteiger partial charge on any atom is 0.185 e. The van der Waals surface area contributed by atoms with E-state index in [4.69, 9.17) is 9.72 Å². The van der Waals surface area contributed by atoms with E-state index in [1.165, 1.54) is 32.9 Å². The predicted molar refractivity (Wildman–Crippen MR) is 142 cm³/mol. The van der Waals surface area contributed by atoms with Crippen LogP contribution in [-0.2, 0) is 24.1 Å². The van der Waals surface area contributed by atoms with Crippen molar-refractivity contribution in [1.82, 2.24) is 14.5 Å². The zero-order valence-corrected chi connectivity index (χ0v) is 21.2. The first kappa shape index (κ1) is 22.3. The van der Waals surface area contributed by atoms with E-state index in [0.29, 0.717) is 0 Å². The third-order valence-electron chi connectivity index (χ3n) is 7.08. The number of hydrogen-bond donors (Lipinski definition) is 0. The van der Waals surface area contributed by atoms with E-state index < -0.39 is 0 Å². The highest BCUT2D eigenvalue weighted by Gasteiger charge is 2.20. The molecular weight excluding hydrogens is 454 g/mol. The average Bonchev–Trinajstić information content (AvgIpc) is 3.50. The Balaban J connectivity index is 1.15. The Morgan fingerprint density at radius 3 is 2.43 bits per heavy atom. The van der Waals surface area contributed by atoms with Crippen LogP contribution in [0.5, 0.6) is 0 Å². The van der Waals surface area contributed by atoms with Crippen molar-refractivity contribution in [2.45, 2.75) is 33.2 Å². The number of aromatic nitrogens is 3. The highest BCUT2D eigenvalue weighted by Crippen LogP contribution is 2.31. The molecule has 0 spiro atoms. The number of fused-ring (bicyclic) bond motifs is 1. The number of aryl methyl sites for hydroxylation is 2. The average molecular weight is 486 g/mol. The van der Waals surface area contributed by atoms with Crippen molar-refractivity contribution in [2.24, 2.45) is 0 Å². The first-order valence-corrected chi connectivity index (χ1v) is 13.2. The summed E-state index contributed by atoms with van der Waals surface area (Å²) < 4.78 is 7.70. The first-order valence-electron chi connectivity index (χ1n) is 12.4. The van der Waals surface area contributed by atoms with Gasteiger partial charge in [0.15, 0.2) is 5.13 Å². The van der Waals surface area contributed by atoms with E-state index in [0.717, 1.165) is 68.9 Å². The van der Waals surface area contributed by atoms with Crippen LogP contribution in [0.15, 0.2) is 54.9 Å². The van der Waals surface area contributed by atoms with Gasteiger partial charge in [0.2, 0.25) is 0 Å². The van der Waals surface area contributed by atoms with Crippen molar-refractivity contribution >= 4 is 22.2 Å². The number of anilines is 2.